The average molecular weight is 237 g/mol. The van der Waals surface area contributed by atoms with E-state index in [0.717, 1.165) is 6.07 Å². The molecule has 0 unspecified atom stereocenters. The number of alkyl halides is 2. The fraction of sp³-hybridized carbons (Fsp3) is 0.250. The Bertz CT molecular complexity index is 388. The zero-order valence-electron chi connectivity index (χ0n) is 6.77. The first-order valence-corrected chi connectivity index (χ1v) is 4.31. The molecule has 0 amide bonds. The van der Waals surface area contributed by atoms with Gasteiger partial charge in [0.15, 0.2) is 0 Å². The Morgan fingerprint density at radius 1 is 1.50 bits per heavy atom. The third-order valence-electron chi connectivity index (χ3n) is 1.53. The maximum atomic E-state index is 12.4. The quantitative estimate of drug-likeness (QED) is 0.739. The summed E-state index contributed by atoms with van der Waals surface area (Å²) in [6, 6.07) is 2.76. The van der Waals surface area contributed by atoms with Crippen LogP contribution in [0, 0.1) is 11.3 Å². The Morgan fingerprint density at radius 2 is 2.14 bits per heavy atom. The minimum atomic E-state index is -2.71. The monoisotopic (exact) mass is 236 g/mol. The number of nitrogens with zero attached hydrogens (tertiary/aromatic N) is 2. The van der Waals surface area contributed by atoms with Gasteiger partial charge in [-0.2, -0.15) is 5.26 Å². The van der Waals surface area contributed by atoms with Crippen LogP contribution in [0.25, 0.3) is 0 Å². The summed E-state index contributed by atoms with van der Waals surface area (Å²) in [5.74, 6) is 0. The molecular weight excluding hydrogens is 233 g/mol. The SMILES string of the molecule is N#CCc1nc(Cl)c(Cl)cc1C(F)F. The van der Waals surface area contributed by atoms with E-state index in [1.807, 2.05) is 0 Å². The van der Waals surface area contributed by atoms with Crippen LogP contribution >= 0.6 is 23.2 Å². The van der Waals surface area contributed by atoms with E-state index in [1.165, 1.54) is 0 Å². The number of aromatic nitrogens is 1. The van der Waals surface area contributed by atoms with Crippen LogP contribution in [0.4, 0.5) is 8.78 Å². The van der Waals surface area contributed by atoms with Crippen LogP contribution in [0.15, 0.2) is 6.07 Å². The highest BCUT2D eigenvalue weighted by Crippen LogP contribution is 2.29. The summed E-state index contributed by atoms with van der Waals surface area (Å²) in [4.78, 5) is 3.61. The molecule has 0 fully saturated rings. The van der Waals surface area contributed by atoms with E-state index >= 15 is 0 Å². The van der Waals surface area contributed by atoms with Crippen molar-refractivity contribution in [2.24, 2.45) is 0 Å². The van der Waals surface area contributed by atoms with E-state index in [0.29, 0.717) is 0 Å². The van der Waals surface area contributed by atoms with Gasteiger partial charge in [-0.15, -0.1) is 0 Å². The molecule has 0 saturated heterocycles. The van der Waals surface area contributed by atoms with Gasteiger partial charge in [-0.25, -0.2) is 13.8 Å². The van der Waals surface area contributed by atoms with E-state index in [9.17, 15) is 8.78 Å². The molecule has 0 aliphatic rings. The van der Waals surface area contributed by atoms with E-state index < -0.39 is 6.43 Å². The molecule has 0 bridgehead atoms. The third kappa shape index (κ3) is 2.31. The van der Waals surface area contributed by atoms with Crippen LogP contribution < -0.4 is 0 Å². The van der Waals surface area contributed by atoms with Crippen molar-refractivity contribution in [1.82, 2.24) is 4.98 Å². The third-order valence-corrected chi connectivity index (χ3v) is 2.20. The smallest absolute Gasteiger partial charge is 0.238 e. The second kappa shape index (κ2) is 4.54. The molecule has 0 atom stereocenters. The molecule has 6 heteroatoms. The summed E-state index contributed by atoms with van der Waals surface area (Å²) >= 11 is 11.0. The van der Waals surface area contributed by atoms with Crippen molar-refractivity contribution in [3.05, 3.63) is 27.5 Å². The second-order valence-electron chi connectivity index (χ2n) is 2.43. The topological polar surface area (TPSA) is 36.7 Å². The summed E-state index contributed by atoms with van der Waals surface area (Å²) in [7, 11) is 0. The van der Waals surface area contributed by atoms with Crippen LogP contribution in [0.2, 0.25) is 10.2 Å². The molecule has 1 rings (SSSR count). The molecule has 1 heterocycles. The van der Waals surface area contributed by atoms with Gasteiger partial charge in [-0.1, -0.05) is 23.2 Å². The van der Waals surface area contributed by atoms with Crippen molar-refractivity contribution < 1.29 is 8.78 Å². The van der Waals surface area contributed by atoms with Gasteiger partial charge in [0.1, 0.15) is 5.15 Å². The van der Waals surface area contributed by atoms with Crippen molar-refractivity contribution in [3.8, 4) is 6.07 Å². The van der Waals surface area contributed by atoms with Crippen molar-refractivity contribution in [2.75, 3.05) is 0 Å². The zero-order chi connectivity index (χ0) is 10.7. The Morgan fingerprint density at radius 3 is 2.64 bits per heavy atom. The minimum Gasteiger partial charge on any atom is -0.238 e. The summed E-state index contributed by atoms with van der Waals surface area (Å²) in [6.45, 7) is 0. The minimum absolute atomic E-state index is 0.0306. The van der Waals surface area contributed by atoms with E-state index in [2.05, 4.69) is 4.98 Å². The molecule has 1 aromatic heterocycles. The number of hydrogen-bond acceptors (Lipinski definition) is 2. The first-order chi connectivity index (χ1) is 6.56. The predicted octanol–water partition coefficient (Wildman–Crippen LogP) is 3.39. The molecule has 0 aromatic carbocycles. The second-order valence-corrected chi connectivity index (χ2v) is 3.20. The Labute approximate surface area is 89.1 Å². The highest BCUT2D eigenvalue weighted by molar-refractivity contribution is 6.41. The van der Waals surface area contributed by atoms with Gasteiger partial charge < -0.3 is 0 Å². The van der Waals surface area contributed by atoms with E-state index in [4.69, 9.17) is 28.5 Å². The van der Waals surface area contributed by atoms with Crippen LogP contribution in [-0.2, 0) is 6.42 Å². The molecule has 14 heavy (non-hydrogen) atoms. The fourth-order valence-corrected chi connectivity index (χ4v) is 1.24. The highest BCUT2D eigenvalue weighted by Gasteiger charge is 2.16. The van der Waals surface area contributed by atoms with Gasteiger partial charge >= 0.3 is 0 Å². The normalized spacial score (nSPS) is 10.3. The molecule has 1 aromatic rings. The van der Waals surface area contributed by atoms with Crippen LogP contribution in [0.5, 0.6) is 0 Å². The van der Waals surface area contributed by atoms with E-state index in [-0.39, 0.29) is 27.9 Å². The lowest BCUT2D eigenvalue weighted by Crippen LogP contribution is -1.98. The van der Waals surface area contributed by atoms with Crippen LogP contribution in [-0.4, -0.2) is 4.98 Å². The zero-order valence-corrected chi connectivity index (χ0v) is 8.28. The Hall–Kier alpha value is -0.920. The summed E-state index contributed by atoms with van der Waals surface area (Å²) < 4.78 is 24.8. The molecule has 0 aliphatic carbocycles. The molecule has 2 nitrogen and oxygen atoms in total. The van der Waals surface area contributed by atoms with Crippen molar-refractivity contribution in [1.29, 1.82) is 5.26 Å². The Kier molecular flexibility index (Phi) is 3.62. The van der Waals surface area contributed by atoms with Gasteiger partial charge in [0, 0.05) is 5.56 Å². The number of pyridine rings is 1. The van der Waals surface area contributed by atoms with Gasteiger partial charge in [0.2, 0.25) is 0 Å². The van der Waals surface area contributed by atoms with E-state index in [1.54, 1.807) is 6.07 Å². The molecule has 74 valence electrons. The standard InChI is InChI=1S/C8H4Cl2F2N2/c9-5-3-4(8(11)12)6(1-2-13)14-7(5)10/h3,8H,1H2. The molecular formula is C8H4Cl2F2N2. The lowest BCUT2D eigenvalue weighted by atomic mass is 10.1. The van der Waals surface area contributed by atoms with Gasteiger partial charge in [0.05, 0.1) is 23.2 Å². The maximum Gasteiger partial charge on any atom is 0.265 e. The number of rotatable bonds is 2. The Balaban J connectivity index is 3.25. The fourth-order valence-electron chi connectivity index (χ4n) is 0.921. The summed E-state index contributed by atoms with van der Waals surface area (Å²) in [6.07, 6.45) is -2.92. The first kappa shape index (κ1) is 11.2. The van der Waals surface area contributed by atoms with Gasteiger partial charge in [0.25, 0.3) is 6.43 Å². The predicted molar refractivity (Wildman–Crippen MR) is 48.5 cm³/mol. The maximum absolute atomic E-state index is 12.4. The molecule has 0 saturated carbocycles. The molecule has 0 N–H and O–H groups in total. The molecule has 0 radical (unpaired) electrons. The molecule has 0 spiro atoms. The highest BCUT2D eigenvalue weighted by atomic mass is 35.5. The van der Waals surface area contributed by atoms with Gasteiger partial charge in [-0.05, 0) is 6.07 Å². The summed E-state index contributed by atoms with van der Waals surface area (Å²) in [5, 5.41) is 8.27. The van der Waals surface area contributed by atoms with Crippen molar-refractivity contribution >= 4 is 23.2 Å². The van der Waals surface area contributed by atoms with Crippen LogP contribution in [0.3, 0.4) is 0 Å². The average Bonchev–Trinajstić information content (AvgIpc) is 2.11. The van der Waals surface area contributed by atoms with Crippen molar-refractivity contribution in [2.45, 2.75) is 12.8 Å². The van der Waals surface area contributed by atoms with Crippen LogP contribution in [0.1, 0.15) is 17.7 Å². The summed E-state index contributed by atoms with van der Waals surface area (Å²) in [5.41, 5.74) is -0.377. The van der Waals surface area contributed by atoms with Crippen molar-refractivity contribution in [3.63, 3.8) is 0 Å². The lowest BCUT2D eigenvalue weighted by Gasteiger charge is -2.06. The largest absolute Gasteiger partial charge is 0.265 e. The lowest BCUT2D eigenvalue weighted by molar-refractivity contribution is 0.150. The number of hydrogen-bond donors (Lipinski definition) is 0. The number of nitriles is 1. The van der Waals surface area contributed by atoms with Gasteiger partial charge in [-0.3, -0.25) is 0 Å². The first-order valence-electron chi connectivity index (χ1n) is 3.56. The number of halogens is 4. The molecule has 0 aliphatic heterocycles.